The van der Waals surface area contributed by atoms with E-state index >= 15 is 0 Å². The molecular weight excluding hydrogens is 227 g/mol. The smallest absolute Gasteiger partial charge is 0.0469 e. The maximum absolute atomic E-state index is 5.25. The lowest BCUT2D eigenvalue weighted by molar-refractivity contribution is 0.0681. The number of ether oxygens (including phenoxy) is 1. The summed E-state index contributed by atoms with van der Waals surface area (Å²) in [5.74, 6) is 0.916. The molecule has 0 spiro atoms. The molecule has 0 unspecified atom stereocenters. The molecule has 0 radical (unpaired) electrons. The zero-order valence-corrected chi connectivity index (χ0v) is 7.93. The van der Waals surface area contributed by atoms with E-state index in [4.69, 9.17) is 4.74 Å². The molecule has 0 saturated carbocycles. The van der Waals surface area contributed by atoms with Crippen LogP contribution in [-0.4, -0.2) is 17.1 Å². The van der Waals surface area contributed by atoms with Gasteiger partial charge in [-0.05, 0) is 18.8 Å². The van der Waals surface area contributed by atoms with Gasteiger partial charge in [-0.15, -0.1) is 0 Å². The van der Waals surface area contributed by atoms with Crippen molar-refractivity contribution < 1.29 is 4.74 Å². The fourth-order valence-electron chi connectivity index (χ4n) is 1.18. The van der Waals surface area contributed by atoms with Gasteiger partial charge < -0.3 is 4.74 Å². The maximum atomic E-state index is 5.25. The summed E-state index contributed by atoms with van der Waals surface area (Å²) in [6.45, 7) is 4.26. The van der Waals surface area contributed by atoms with Crippen LogP contribution in [0.2, 0.25) is 0 Å². The van der Waals surface area contributed by atoms with Crippen molar-refractivity contribution in [2.75, 3.05) is 13.2 Å². The Morgan fingerprint density at radius 3 is 2.33 bits per heavy atom. The van der Waals surface area contributed by atoms with E-state index in [9.17, 15) is 0 Å². The lowest BCUT2D eigenvalue weighted by Crippen LogP contribution is -2.21. The summed E-state index contributed by atoms with van der Waals surface area (Å²) in [6.07, 6.45) is 2.54. The first-order chi connectivity index (χ1) is 4.30. The van der Waals surface area contributed by atoms with Gasteiger partial charge in [-0.3, -0.25) is 0 Å². The average Bonchev–Trinajstić information content (AvgIpc) is 1.90. The maximum Gasteiger partial charge on any atom is 0.0469 e. The highest BCUT2D eigenvalue weighted by atomic mass is 127. The van der Waals surface area contributed by atoms with Crippen molar-refractivity contribution in [3.8, 4) is 0 Å². The van der Waals surface area contributed by atoms with E-state index in [1.54, 1.807) is 0 Å². The third-order valence-corrected chi connectivity index (χ3v) is 2.93. The molecule has 1 atom stereocenters. The molecule has 0 aromatic rings. The van der Waals surface area contributed by atoms with Gasteiger partial charge in [-0.1, -0.05) is 29.5 Å². The van der Waals surface area contributed by atoms with Gasteiger partial charge in [0.1, 0.15) is 0 Å². The summed E-state index contributed by atoms with van der Waals surface area (Å²) in [7, 11) is 0. The lowest BCUT2D eigenvalue weighted by Gasteiger charge is -2.23. The van der Waals surface area contributed by atoms with E-state index in [1.807, 2.05) is 0 Å². The summed E-state index contributed by atoms with van der Waals surface area (Å²) in [4.78, 5) is 0. The Labute approximate surface area is 70.3 Å². The highest BCUT2D eigenvalue weighted by Gasteiger charge is 2.17. The fraction of sp³-hybridized carbons (Fsp3) is 1.00. The Bertz CT molecular complexity index is 77.0. The number of hydrogen-bond acceptors (Lipinski definition) is 1. The first kappa shape index (κ1) is 7.79. The molecule has 1 aliphatic rings. The highest BCUT2D eigenvalue weighted by molar-refractivity contribution is 14.1. The molecule has 1 rings (SSSR count). The van der Waals surface area contributed by atoms with Gasteiger partial charge in [-0.25, -0.2) is 0 Å². The molecular formula is C7H13IO. The first-order valence-electron chi connectivity index (χ1n) is 3.52. The Balaban J connectivity index is 2.23. The predicted molar refractivity (Wildman–Crippen MR) is 47.0 cm³/mol. The van der Waals surface area contributed by atoms with E-state index in [0.717, 1.165) is 23.1 Å². The summed E-state index contributed by atoms with van der Waals surface area (Å²) >= 11 is 2.51. The molecule has 1 heterocycles. The largest absolute Gasteiger partial charge is 0.381 e. The van der Waals surface area contributed by atoms with Crippen LogP contribution < -0.4 is 0 Å². The van der Waals surface area contributed by atoms with E-state index in [0.29, 0.717) is 0 Å². The molecule has 0 aromatic carbocycles. The van der Waals surface area contributed by atoms with Gasteiger partial charge in [0.05, 0.1) is 0 Å². The summed E-state index contributed by atoms with van der Waals surface area (Å²) in [5.41, 5.74) is 0. The molecule has 1 nitrogen and oxygen atoms in total. The SMILES string of the molecule is C[C@H](I)C1CCOCC1. The number of hydrogen-bond donors (Lipinski definition) is 0. The normalized spacial score (nSPS) is 26.0. The van der Waals surface area contributed by atoms with Crippen LogP contribution >= 0.6 is 22.6 Å². The minimum absolute atomic E-state index is 0.825. The highest BCUT2D eigenvalue weighted by Crippen LogP contribution is 2.23. The van der Waals surface area contributed by atoms with Crippen LogP contribution in [0.1, 0.15) is 19.8 Å². The van der Waals surface area contributed by atoms with Gasteiger partial charge in [0, 0.05) is 17.1 Å². The van der Waals surface area contributed by atoms with E-state index in [-0.39, 0.29) is 0 Å². The monoisotopic (exact) mass is 240 g/mol. The lowest BCUT2D eigenvalue weighted by atomic mass is 9.98. The molecule has 1 saturated heterocycles. The van der Waals surface area contributed by atoms with Crippen molar-refractivity contribution in [1.29, 1.82) is 0 Å². The summed E-state index contributed by atoms with van der Waals surface area (Å²) in [5, 5.41) is 0. The van der Waals surface area contributed by atoms with Crippen LogP contribution in [0, 0.1) is 5.92 Å². The van der Waals surface area contributed by atoms with E-state index in [2.05, 4.69) is 29.5 Å². The first-order valence-corrected chi connectivity index (χ1v) is 4.77. The van der Waals surface area contributed by atoms with Crippen molar-refractivity contribution in [2.45, 2.75) is 23.7 Å². The van der Waals surface area contributed by atoms with Gasteiger partial charge in [0.2, 0.25) is 0 Å². The molecule has 0 aliphatic carbocycles. The Hall–Kier alpha value is 0.690. The van der Waals surface area contributed by atoms with Crippen LogP contribution in [0.25, 0.3) is 0 Å². The van der Waals surface area contributed by atoms with Crippen LogP contribution in [0.15, 0.2) is 0 Å². The minimum atomic E-state index is 0.825. The second-order valence-electron chi connectivity index (χ2n) is 2.63. The molecule has 0 aromatic heterocycles. The van der Waals surface area contributed by atoms with Gasteiger partial charge in [0.25, 0.3) is 0 Å². The van der Waals surface area contributed by atoms with Crippen molar-refractivity contribution in [1.82, 2.24) is 0 Å². The average molecular weight is 240 g/mol. The zero-order valence-electron chi connectivity index (χ0n) is 5.77. The summed E-state index contributed by atoms with van der Waals surface area (Å²) < 4.78 is 6.07. The van der Waals surface area contributed by atoms with Crippen LogP contribution in [0.4, 0.5) is 0 Å². The molecule has 54 valence electrons. The third kappa shape index (κ3) is 2.42. The fourth-order valence-corrected chi connectivity index (χ4v) is 1.89. The topological polar surface area (TPSA) is 9.23 Å². The van der Waals surface area contributed by atoms with Gasteiger partial charge in [0.15, 0.2) is 0 Å². The molecule has 1 aliphatic heterocycles. The van der Waals surface area contributed by atoms with Gasteiger partial charge in [-0.2, -0.15) is 0 Å². The Kier molecular flexibility index (Phi) is 3.26. The molecule has 0 N–H and O–H groups in total. The standard InChI is InChI=1S/C7H13IO/c1-6(8)7-2-4-9-5-3-7/h6-7H,2-5H2,1H3/t6-/m0/s1. The van der Waals surface area contributed by atoms with Crippen molar-refractivity contribution in [2.24, 2.45) is 5.92 Å². The minimum Gasteiger partial charge on any atom is -0.381 e. The predicted octanol–water partition coefficient (Wildman–Crippen LogP) is 2.24. The molecule has 2 heteroatoms. The second-order valence-corrected chi connectivity index (χ2v) is 4.59. The quantitative estimate of drug-likeness (QED) is 0.504. The van der Waals surface area contributed by atoms with E-state index in [1.165, 1.54) is 12.8 Å². The number of rotatable bonds is 1. The van der Waals surface area contributed by atoms with Crippen molar-refractivity contribution in [3.63, 3.8) is 0 Å². The van der Waals surface area contributed by atoms with E-state index < -0.39 is 0 Å². The van der Waals surface area contributed by atoms with Gasteiger partial charge >= 0.3 is 0 Å². The van der Waals surface area contributed by atoms with Crippen LogP contribution in [0.5, 0.6) is 0 Å². The Morgan fingerprint density at radius 2 is 2.00 bits per heavy atom. The second kappa shape index (κ2) is 3.76. The van der Waals surface area contributed by atoms with Crippen LogP contribution in [-0.2, 0) is 4.74 Å². The summed E-state index contributed by atoms with van der Waals surface area (Å²) in [6, 6.07) is 0. The zero-order chi connectivity index (χ0) is 6.69. The molecule has 0 amide bonds. The van der Waals surface area contributed by atoms with Crippen molar-refractivity contribution in [3.05, 3.63) is 0 Å². The van der Waals surface area contributed by atoms with Crippen molar-refractivity contribution >= 4 is 22.6 Å². The Morgan fingerprint density at radius 1 is 1.44 bits per heavy atom. The molecule has 1 fully saturated rings. The number of halogens is 1. The molecule has 9 heavy (non-hydrogen) atoms. The number of alkyl halides is 1. The molecule has 0 bridgehead atoms. The third-order valence-electron chi connectivity index (χ3n) is 1.92. The van der Waals surface area contributed by atoms with Crippen LogP contribution in [0.3, 0.4) is 0 Å².